The van der Waals surface area contributed by atoms with Crippen LogP contribution in [0.4, 0.5) is 13.2 Å². The Labute approximate surface area is 113 Å². The van der Waals surface area contributed by atoms with E-state index in [1.807, 2.05) is 0 Å². The molecule has 5 nitrogen and oxygen atoms in total. The summed E-state index contributed by atoms with van der Waals surface area (Å²) < 4.78 is 45.2. The molecule has 1 rings (SSSR count). The lowest BCUT2D eigenvalue weighted by Gasteiger charge is -2.15. The first-order chi connectivity index (χ1) is 8.78. The van der Waals surface area contributed by atoms with Crippen LogP contribution in [0.5, 0.6) is 5.75 Å². The second-order valence-electron chi connectivity index (χ2n) is 3.39. The van der Waals surface area contributed by atoms with Gasteiger partial charge in [-0.2, -0.15) is 0 Å². The molecule has 1 aromatic heterocycles. The van der Waals surface area contributed by atoms with Crippen LogP contribution in [0.3, 0.4) is 0 Å². The number of pyridine rings is 1. The third-order valence-corrected chi connectivity index (χ3v) is 2.69. The van der Waals surface area contributed by atoms with E-state index in [9.17, 15) is 22.8 Å². The maximum atomic E-state index is 12.3. The summed E-state index contributed by atoms with van der Waals surface area (Å²) in [6.45, 7) is 0. The van der Waals surface area contributed by atoms with Gasteiger partial charge in [0.05, 0.1) is 19.1 Å². The number of alkyl halides is 4. The first kappa shape index (κ1) is 15.5. The number of halogens is 4. The molecule has 0 radical (unpaired) electrons. The fourth-order valence-corrected chi connectivity index (χ4v) is 1.83. The van der Waals surface area contributed by atoms with Crippen LogP contribution in [-0.4, -0.2) is 24.4 Å². The fourth-order valence-electron chi connectivity index (χ4n) is 1.33. The van der Waals surface area contributed by atoms with E-state index in [1.165, 1.54) is 0 Å². The zero-order valence-electron chi connectivity index (χ0n) is 9.64. The van der Waals surface area contributed by atoms with Crippen molar-refractivity contribution in [2.24, 2.45) is 0 Å². The van der Waals surface area contributed by atoms with Crippen LogP contribution < -0.4 is 10.3 Å². The molecule has 0 aromatic carbocycles. The smallest absolute Gasteiger partial charge is 0.469 e. The van der Waals surface area contributed by atoms with Gasteiger partial charge in [0.1, 0.15) is 5.75 Å². The first-order valence-corrected chi connectivity index (χ1v) is 6.02. The lowest BCUT2D eigenvalue weighted by atomic mass is 10.1. The van der Waals surface area contributed by atoms with E-state index in [-0.39, 0.29) is 16.5 Å². The standard InChI is InChI=1S/C10H9BrF3NO4/c1-18-7(16)2-5-4-15-9(17)6(3-11)8(5)19-10(12,13)14/h4H,2-3H2,1H3,(H,15,17). The van der Waals surface area contributed by atoms with E-state index in [2.05, 4.69) is 30.4 Å². The number of methoxy groups -OCH3 is 1. The number of carbonyl (C=O) groups is 1. The van der Waals surface area contributed by atoms with Crippen molar-refractivity contribution in [1.82, 2.24) is 4.98 Å². The summed E-state index contributed by atoms with van der Waals surface area (Å²) in [4.78, 5) is 24.8. The van der Waals surface area contributed by atoms with Crippen LogP contribution in [-0.2, 0) is 21.3 Å². The molecule has 1 N–H and O–H groups in total. The molecule has 0 amide bonds. The summed E-state index contributed by atoms with van der Waals surface area (Å²) in [6.07, 6.45) is -4.42. The number of ether oxygens (including phenoxy) is 2. The van der Waals surface area contributed by atoms with Crippen molar-refractivity contribution in [2.75, 3.05) is 7.11 Å². The molecule has 0 aliphatic rings. The van der Waals surface area contributed by atoms with Crippen molar-refractivity contribution in [1.29, 1.82) is 0 Å². The van der Waals surface area contributed by atoms with Gasteiger partial charge in [-0.05, 0) is 0 Å². The van der Waals surface area contributed by atoms with Gasteiger partial charge in [0.15, 0.2) is 0 Å². The maximum Gasteiger partial charge on any atom is 0.573 e. The van der Waals surface area contributed by atoms with Crippen molar-refractivity contribution < 1.29 is 27.4 Å². The van der Waals surface area contributed by atoms with Gasteiger partial charge in [-0.3, -0.25) is 9.59 Å². The Morgan fingerprint density at radius 3 is 2.58 bits per heavy atom. The second-order valence-corrected chi connectivity index (χ2v) is 3.95. The number of esters is 1. The molecule has 19 heavy (non-hydrogen) atoms. The molecule has 106 valence electrons. The van der Waals surface area contributed by atoms with Gasteiger partial charge in [0.2, 0.25) is 0 Å². The SMILES string of the molecule is COC(=O)Cc1c[nH]c(=O)c(CBr)c1OC(F)(F)F. The van der Waals surface area contributed by atoms with Crippen molar-refractivity contribution in [3.63, 3.8) is 0 Å². The molecule has 1 aromatic rings. The minimum absolute atomic E-state index is 0.113. The lowest BCUT2D eigenvalue weighted by Crippen LogP contribution is -2.24. The third-order valence-electron chi connectivity index (χ3n) is 2.13. The lowest BCUT2D eigenvalue weighted by molar-refractivity contribution is -0.275. The van der Waals surface area contributed by atoms with Gasteiger partial charge in [0, 0.05) is 17.1 Å². The van der Waals surface area contributed by atoms with Gasteiger partial charge in [-0.15, -0.1) is 13.2 Å². The number of rotatable bonds is 4. The average molecular weight is 344 g/mol. The summed E-state index contributed by atoms with van der Waals surface area (Å²) in [5.41, 5.74) is -1.10. The molecule has 0 aliphatic heterocycles. The van der Waals surface area contributed by atoms with Crippen molar-refractivity contribution in [2.45, 2.75) is 18.1 Å². The Hall–Kier alpha value is -1.51. The van der Waals surface area contributed by atoms with Gasteiger partial charge >= 0.3 is 12.3 Å². The molecular weight excluding hydrogens is 335 g/mol. The highest BCUT2D eigenvalue weighted by Crippen LogP contribution is 2.29. The minimum Gasteiger partial charge on any atom is -0.469 e. The predicted octanol–water partition coefficient (Wildman–Crippen LogP) is 1.88. The highest BCUT2D eigenvalue weighted by Gasteiger charge is 2.34. The number of aromatic nitrogens is 1. The minimum atomic E-state index is -4.96. The van der Waals surface area contributed by atoms with Crippen LogP contribution in [0.25, 0.3) is 0 Å². The number of carbonyl (C=O) groups excluding carboxylic acids is 1. The van der Waals surface area contributed by atoms with Gasteiger partial charge in [-0.25, -0.2) is 0 Å². The number of hydrogen-bond donors (Lipinski definition) is 1. The van der Waals surface area contributed by atoms with E-state index in [0.717, 1.165) is 13.3 Å². The van der Waals surface area contributed by atoms with Gasteiger partial charge in [0.25, 0.3) is 5.56 Å². The topological polar surface area (TPSA) is 68.4 Å². The van der Waals surface area contributed by atoms with Crippen LogP contribution in [0.1, 0.15) is 11.1 Å². The zero-order chi connectivity index (χ0) is 14.6. The molecule has 0 unspecified atom stereocenters. The molecular formula is C10H9BrF3NO4. The average Bonchev–Trinajstić information content (AvgIpc) is 2.31. The molecule has 0 saturated heterocycles. The summed E-state index contributed by atoms with van der Waals surface area (Å²) in [5, 5.41) is -0.150. The monoisotopic (exact) mass is 343 g/mol. The Kier molecular flexibility index (Phi) is 4.98. The largest absolute Gasteiger partial charge is 0.573 e. The number of nitrogens with one attached hydrogen (secondary N) is 1. The fraction of sp³-hybridized carbons (Fsp3) is 0.400. The molecule has 9 heteroatoms. The normalized spacial score (nSPS) is 11.2. The predicted molar refractivity (Wildman–Crippen MR) is 62.1 cm³/mol. The zero-order valence-corrected chi connectivity index (χ0v) is 11.2. The number of aromatic amines is 1. The van der Waals surface area contributed by atoms with E-state index in [4.69, 9.17) is 0 Å². The van der Waals surface area contributed by atoms with Crippen LogP contribution >= 0.6 is 15.9 Å². The summed E-state index contributed by atoms with van der Waals surface area (Å²) in [7, 11) is 1.10. The Morgan fingerprint density at radius 2 is 2.11 bits per heavy atom. The molecule has 0 aliphatic carbocycles. The molecule has 0 atom stereocenters. The molecule has 0 spiro atoms. The number of hydrogen-bond acceptors (Lipinski definition) is 4. The van der Waals surface area contributed by atoms with Crippen LogP contribution in [0.15, 0.2) is 11.0 Å². The first-order valence-electron chi connectivity index (χ1n) is 4.90. The quantitative estimate of drug-likeness (QED) is 0.669. The number of H-pyrrole nitrogens is 1. The molecule has 0 fully saturated rings. The Balaban J connectivity index is 3.30. The highest BCUT2D eigenvalue weighted by atomic mass is 79.9. The van der Waals surface area contributed by atoms with E-state index >= 15 is 0 Å². The Bertz CT molecular complexity index is 526. The van der Waals surface area contributed by atoms with Crippen molar-refractivity contribution >= 4 is 21.9 Å². The van der Waals surface area contributed by atoms with Crippen molar-refractivity contribution in [3.05, 3.63) is 27.7 Å². The van der Waals surface area contributed by atoms with E-state index in [1.54, 1.807) is 0 Å². The molecule has 0 saturated carbocycles. The third kappa shape index (κ3) is 4.27. The highest BCUT2D eigenvalue weighted by molar-refractivity contribution is 9.08. The van der Waals surface area contributed by atoms with Crippen LogP contribution in [0, 0.1) is 0 Å². The summed E-state index contributed by atoms with van der Waals surface area (Å²) >= 11 is 2.90. The second kappa shape index (κ2) is 6.09. The molecule has 1 heterocycles. The maximum absolute atomic E-state index is 12.3. The van der Waals surface area contributed by atoms with E-state index in [0.29, 0.717) is 0 Å². The summed E-state index contributed by atoms with van der Waals surface area (Å²) in [5.74, 6) is -1.43. The Morgan fingerprint density at radius 1 is 1.47 bits per heavy atom. The van der Waals surface area contributed by atoms with E-state index < -0.39 is 30.1 Å². The van der Waals surface area contributed by atoms with Gasteiger partial charge in [-0.1, -0.05) is 15.9 Å². The summed E-state index contributed by atoms with van der Waals surface area (Å²) in [6, 6.07) is 0. The van der Waals surface area contributed by atoms with Crippen molar-refractivity contribution in [3.8, 4) is 5.75 Å². The van der Waals surface area contributed by atoms with Crippen LogP contribution in [0.2, 0.25) is 0 Å². The van der Waals surface area contributed by atoms with Gasteiger partial charge < -0.3 is 14.5 Å². The molecule has 0 bridgehead atoms.